The third-order valence-corrected chi connectivity index (χ3v) is 5.57. The molecular weight excluding hydrogens is 422 g/mol. The molecule has 12 heteroatoms. The maximum absolute atomic E-state index is 11.8. The first-order chi connectivity index (χ1) is 13.7. The summed E-state index contributed by atoms with van der Waals surface area (Å²) >= 11 is 1.16. The minimum atomic E-state index is -1.37. The summed E-state index contributed by atoms with van der Waals surface area (Å²) in [5.74, 6) is -4.03. The van der Waals surface area contributed by atoms with E-state index in [0.717, 1.165) is 39.5 Å². The number of thioether (sulfide) groups is 1. The SMILES string of the molecule is CC(=O)OCC(OC(C)=O)C(OC(C)=O)C(OC(C)=O)C1NC(C(=O)O)C(C)(C)S1. The smallest absolute Gasteiger partial charge is 0.322 e. The Morgan fingerprint density at radius 2 is 1.47 bits per heavy atom. The minimum Gasteiger partial charge on any atom is -0.480 e. The number of carboxylic acids is 1. The molecule has 0 radical (unpaired) electrons. The van der Waals surface area contributed by atoms with E-state index in [4.69, 9.17) is 18.9 Å². The first kappa shape index (κ1) is 25.7. The maximum Gasteiger partial charge on any atom is 0.322 e. The third-order valence-electron chi connectivity index (χ3n) is 4.06. The second kappa shape index (κ2) is 10.6. The van der Waals surface area contributed by atoms with Crippen LogP contribution in [0.25, 0.3) is 0 Å². The predicted molar refractivity (Wildman–Crippen MR) is 103 cm³/mol. The molecule has 0 saturated carbocycles. The van der Waals surface area contributed by atoms with Crippen LogP contribution >= 0.6 is 11.8 Å². The van der Waals surface area contributed by atoms with Gasteiger partial charge in [-0.1, -0.05) is 0 Å². The number of hydrogen-bond donors (Lipinski definition) is 2. The van der Waals surface area contributed by atoms with Crippen molar-refractivity contribution in [3.63, 3.8) is 0 Å². The highest BCUT2D eigenvalue weighted by Crippen LogP contribution is 2.41. The van der Waals surface area contributed by atoms with Gasteiger partial charge in [-0.25, -0.2) is 0 Å². The van der Waals surface area contributed by atoms with Gasteiger partial charge in [0.2, 0.25) is 0 Å². The van der Waals surface area contributed by atoms with E-state index in [2.05, 4.69) is 5.32 Å². The molecule has 11 nitrogen and oxygen atoms in total. The predicted octanol–water partition coefficient (Wildman–Crippen LogP) is 0.239. The highest BCUT2D eigenvalue weighted by Gasteiger charge is 2.52. The van der Waals surface area contributed by atoms with Crippen LogP contribution in [0.2, 0.25) is 0 Å². The number of nitrogens with one attached hydrogen (secondary N) is 1. The van der Waals surface area contributed by atoms with Crippen molar-refractivity contribution >= 4 is 41.6 Å². The Balaban J connectivity index is 3.34. The molecule has 170 valence electrons. The molecule has 1 fully saturated rings. The van der Waals surface area contributed by atoms with Crippen molar-refractivity contribution < 1.29 is 48.0 Å². The first-order valence-electron chi connectivity index (χ1n) is 9.06. The molecule has 5 atom stereocenters. The molecule has 0 aromatic carbocycles. The highest BCUT2D eigenvalue weighted by molar-refractivity contribution is 8.01. The zero-order valence-electron chi connectivity index (χ0n) is 17.6. The van der Waals surface area contributed by atoms with Crippen molar-refractivity contribution in [1.29, 1.82) is 0 Å². The second-order valence-corrected chi connectivity index (χ2v) is 8.97. The fourth-order valence-corrected chi connectivity index (χ4v) is 4.48. The lowest BCUT2D eigenvalue weighted by atomic mass is 10.0. The van der Waals surface area contributed by atoms with E-state index in [1.54, 1.807) is 13.8 Å². The number of aliphatic carboxylic acids is 1. The largest absolute Gasteiger partial charge is 0.480 e. The summed E-state index contributed by atoms with van der Waals surface area (Å²) in [5, 5.41) is 11.5. The molecule has 1 saturated heterocycles. The Labute approximate surface area is 178 Å². The molecule has 0 amide bonds. The molecule has 1 heterocycles. The lowest BCUT2D eigenvalue weighted by Gasteiger charge is -2.34. The number of rotatable bonds is 9. The van der Waals surface area contributed by atoms with Crippen LogP contribution in [0, 0.1) is 0 Å². The molecule has 2 N–H and O–H groups in total. The topological polar surface area (TPSA) is 155 Å². The van der Waals surface area contributed by atoms with E-state index in [1.165, 1.54) is 0 Å². The van der Waals surface area contributed by atoms with Gasteiger partial charge < -0.3 is 24.1 Å². The molecule has 1 aliphatic rings. The number of carbonyl (C=O) groups is 5. The van der Waals surface area contributed by atoms with Crippen LogP contribution in [-0.4, -0.2) is 76.0 Å². The van der Waals surface area contributed by atoms with E-state index in [0.29, 0.717) is 0 Å². The third kappa shape index (κ3) is 7.48. The Morgan fingerprint density at radius 1 is 0.933 bits per heavy atom. The summed E-state index contributed by atoms with van der Waals surface area (Å²) in [7, 11) is 0. The number of carbonyl (C=O) groups excluding carboxylic acids is 4. The average molecular weight is 449 g/mol. The molecule has 0 spiro atoms. The number of ether oxygens (including phenoxy) is 4. The molecule has 1 rings (SSSR count). The summed E-state index contributed by atoms with van der Waals surface area (Å²) < 4.78 is 20.0. The molecular formula is C18H27NO10S. The van der Waals surface area contributed by atoms with Crippen molar-refractivity contribution in [3.05, 3.63) is 0 Å². The fourth-order valence-electron chi connectivity index (χ4n) is 2.97. The Bertz CT molecular complexity index is 694. The summed E-state index contributed by atoms with van der Waals surface area (Å²) in [6, 6.07) is -0.996. The second-order valence-electron chi connectivity index (χ2n) is 7.18. The lowest BCUT2D eigenvalue weighted by molar-refractivity contribution is -0.189. The van der Waals surface area contributed by atoms with Gasteiger partial charge in [0, 0.05) is 32.4 Å². The molecule has 1 aliphatic heterocycles. The Morgan fingerprint density at radius 3 is 1.87 bits per heavy atom. The summed E-state index contributed by atoms with van der Waals surface area (Å²) in [5.41, 5.74) is 0. The van der Waals surface area contributed by atoms with E-state index in [1.807, 2.05) is 0 Å². The zero-order valence-corrected chi connectivity index (χ0v) is 18.4. The van der Waals surface area contributed by atoms with E-state index >= 15 is 0 Å². The van der Waals surface area contributed by atoms with Gasteiger partial charge in [-0.15, -0.1) is 11.8 Å². The summed E-state index contributed by atoms with van der Waals surface area (Å²) in [4.78, 5) is 58.0. The van der Waals surface area contributed by atoms with Gasteiger partial charge >= 0.3 is 29.8 Å². The van der Waals surface area contributed by atoms with Gasteiger partial charge in [-0.3, -0.25) is 29.3 Å². The van der Waals surface area contributed by atoms with Crippen molar-refractivity contribution in [1.82, 2.24) is 5.32 Å². The summed E-state index contributed by atoms with van der Waals surface area (Å²) in [6.45, 7) is 7.41. The van der Waals surface area contributed by atoms with Crippen molar-refractivity contribution in [2.24, 2.45) is 0 Å². The van der Waals surface area contributed by atoms with Crippen LogP contribution in [0.1, 0.15) is 41.5 Å². The Kier molecular flexibility index (Phi) is 9.09. The standard InChI is InChI=1S/C18H27NO10S/c1-8(20)26-7-12(27-9(2)21)13(28-10(3)22)14(29-11(4)23)16-19-15(17(24)25)18(5,6)30-16/h12-16,19H,7H2,1-6H3,(H,24,25). The van der Waals surface area contributed by atoms with Gasteiger partial charge in [0.25, 0.3) is 0 Å². The van der Waals surface area contributed by atoms with Crippen LogP contribution in [0.4, 0.5) is 0 Å². The monoisotopic (exact) mass is 449 g/mol. The van der Waals surface area contributed by atoms with Crippen molar-refractivity contribution in [2.75, 3.05) is 6.61 Å². The van der Waals surface area contributed by atoms with E-state index < -0.39 is 70.9 Å². The molecule has 0 bridgehead atoms. The van der Waals surface area contributed by atoms with E-state index in [-0.39, 0.29) is 0 Å². The van der Waals surface area contributed by atoms with Crippen LogP contribution in [-0.2, 0) is 42.9 Å². The summed E-state index contributed by atoms with van der Waals surface area (Å²) in [6.07, 6.45) is -3.92. The van der Waals surface area contributed by atoms with Crippen molar-refractivity contribution in [2.45, 2.75) is 76.0 Å². The van der Waals surface area contributed by atoms with Gasteiger partial charge in [0.05, 0.1) is 5.37 Å². The van der Waals surface area contributed by atoms with Gasteiger partial charge in [-0.05, 0) is 13.8 Å². The average Bonchev–Trinajstić information content (AvgIpc) is 2.89. The van der Waals surface area contributed by atoms with Crippen molar-refractivity contribution in [3.8, 4) is 0 Å². The number of esters is 4. The van der Waals surface area contributed by atoms with Gasteiger partial charge in [-0.2, -0.15) is 0 Å². The molecule has 0 aromatic heterocycles. The maximum atomic E-state index is 11.8. The van der Waals surface area contributed by atoms with Crippen LogP contribution in [0.3, 0.4) is 0 Å². The normalized spacial score (nSPS) is 22.9. The van der Waals surface area contributed by atoms with Gasteiger partial charge in [0.15, 0.2) is 18.3 Å². The lowest BCUT2D eigenvalue weighted by Crippen LogP contribution is -2.55. The van der Waals surface area contributed by atoms with Crippen LogP contribution in [0.5, 0.6) is 0 Å². The molecule has 30 heavy (non-hydrogen) atoms. The van der Waals surface area contributed by atoms with Crippen LogP contribution < -0.4 is 5.32 Å². The van der Waals surface area contributed by atoms with E-state index in [9.17, 15) is 29.1 Å². The van der Waals surface area contributed by atoms with Crippen LogP contribution in [0.15, 0.2) is 0 Å². The number of hydrogen-bond acceptors (Lipinski definition) is 11. The number of carboxylic acid groups (broad SMARTS) is 1. The molecule has 5 unspecified atom stereocenters. The Hall–Kier alpha value is -2.34. The zero-order chi connectivity index (χ0) is 23.2. The quantitative estimate of drug-likeness (QED) is 0.366. The fraction of sp³-hybridized carbons (Fsp3) is 0.722. The minimum absolute atomic E-state index is 0.465. The molecule has 0 aliphatic carbocycles. The molecule has 0 aromatic rings. The highest BCUT2D eigenvalue weighted by atomic mass is 32.2. The first-order valence-corrected chi connectivity index (χ1v) is 9.94. The van der Waals surface area contributed by atoms with Gasteiger partial charge in [0.1, 0.15) is 12.6 Å².